The molecule has 1 fully saturated rings. The van der Waals surface area contributed by atoms with Gasteiger partial charge in [-0.3, -0.25) is 0 Å². The maximum Gasteiger partial charge on any atom is 0.192 e. The molecule has 1 aromatic rings. The predicted molar refractivity (Wildman–Crippen MR) is 63.2 cm³/mol. The highest BCUT2D eigenvalue weighted by Crippen LogP contribution is 2.33. The van der Waals surface area contributed by atoms with Crippen molar-refractivity contribution in [3.05, 3.63) is 35.4 Å². The Labute approximate surface area is 98.7 Å². The van der Waals surface area contributed by atoms with E-state index in [1.54, 1.807) is 0 Å². The second kappa shape index (κ2) is 4.64. The molecule has 1 heterocycles. The van der Waals surface area contributed by atoms with Crippen molar-refractivity contribution >= 4 is 15.9 Å². The maximum absolute atomic E-state index is 5.68. The molecule has 1 saturated heterocycles. The summed E-state index contributed by atoms with van der Waals surface area (Å²) in [5, 5.41) is 0.958. The molecule has 0 N–H and O–H groups in total. The third kappa shape index (κ3) is 2.25. The van der Waals surface area contributed by atoms with Gasteiger partial charge in [0, 0.05) is 10.9 Å². The first-order valence-corrected chi connectivity index (χ1v) is 6.31. The van der Waals surface area contributed by atoms with Crippen molar-refractivity contribution in [1.82, 2.24) is 0 Å². The van der Waals surface area contributed by atoms with Crippen molar-refractivity contribution in [3.63, 3.8) is 0 Å². The fourth-order valence-corrected chi connectivity index (χ4v) is 2.38. The van der Waals surface area contributed by atoms with Crippen molar-refractivity contribution in [2.45, 2.75) is 19.1 Å². The summed E-state index contributed by atoms with van der Waals surface area (Å²) in [7, 11) is 0. The minimum absolute atomic E-state index is 0.543. The fourth-order valence-electron chi connectivity index (χ4n) is 1.95. The molecular formula is C12H15BrO2. The van der Waals surface area contributed by atoms with Crippen LogP contribution in [-0.4, -0.2) is 18.5 Å². The van der Waals surface area contributed by atoms with Crippen LogP contribution in [-0.2, 0) is 21.7 Å². The molecule has 1 aliphatic heterocycles. The molecule has 1 aromatic carbocycles. The van der Waals surface area contributed by atoms with Crippen LogP contribution >= 0.6 is 15.9 Å². The van der Waals surface area contributed by atoms with Crippen LogP contribution in [0.15, 0.2) is 24.3 Å². The maximum atomic E-state index is 5.68. The number of hydrogen-bond acceptors (Lipinski definition) is 2. The minimum atomic E-state index is -0.543. The van der Waals surface area contributed by atoms with Crippen molar-refractivity contribution in [2.24, 2.45) is 0 Å². The fraction of sp³-hybridized carbons (Fsp3) is 0.500. The molecule has 3 heteroatoms. The average Bonchev–Trinajstić information content (AvgIpc) is 2.68. The molecule has 0 radical (unpaired) electrons. The van der Waals surface area contributed by atoms with Crippen molar-refractivity contribution < 1.29 is 9.47 Å². The predicted octanol–water partition coefficient (Wildman–Crippen LogP) is 2.84. The summed E-state index contributed by atoms with van der Waals surface area (Å²) in [5.74, 6) is -0.543. The number of rotatable bonds is 3. The largest absolute Gasteiger partial charge is 0.344 e. The Bertz CT molecular complexity index is 332. The number of alkyl halides is 1. The number of ether oxygens (including phenoxy) is 2. The van der Waals surface area contributed by atoms with E-state index < -0.39 is 5.79 Å². The van der Waals surface area contributed by atoms with Crippen LogP contribution in [0.2, 0.25) is 0 Å². The lowest BCUT2D eigenvalue weighted by Gasteiger charge is -2.25. The van der Waals surface area contributed by atoms with Gasteiger partial charge in [-0.25, -0.2) is 0 Å². The lowest BCUT2D eigenvalue weighted by atomic mass is 9.99. The van der Waals surface area contributed by atoms with Crippen LogP contribution in [0.25, 0.3) is 0 Å². The van der Waals surface area contributed by atoms with E-state index in [2.05, 4.69) is 34.1 Å². The minimum Gasteiger partial charge on any atom is -0.344 e. The van der Waals surface area contributed by atoms with Crippen LogP contribution < -0.4 is 0 Å². The van der Waals surface area contributed by atoms with Crippen LogP contribution in [0.1, 0.15) is 18.1 Å². The van der Waals surface area contributed by atoms with Crippen LogP contribution in [0.5, 0.6) is 0 Å². The first kappa shape index (κ1) is 11.1. The summed E-state index contributed by atoms with van der Waals surface area (Å²) in [6.07, 6.45) is 0.998. The lowest BCUT2D eigenvalue weighted by Crippen LogP contribution is -2.24. The molecule has 0 atom stereocenters. The zero-order chi connectivity index (χ0) is 10.7. The molecule has 0 aromatic heterocycles. The van der Waals surface area contributed by atoms with E-state index >= 15 is 0 Å². The van der Waals surface area contributed by atoms with Crippen LogP contribution in [0.4, 0.5) is 0 Å². The molecule has 0 unspecified atom stereocenters. The molecular weight excluding hydrogens is 256 g/mol. The van der Waals surface area contributed by atoms with Crippen molar-refractivity contribution in [1.29, 1.82) is 0 Å². The molecule has 0 bridgehead atoms. The molecule has 0 spiro atoms. The van der Waals surface area contributed by atoms with Gasteiger partial charge in [0.15, 0.2) is 5.79 Å². The van der Waals surface area contributed by atoms with E-state index in [4.69, 9.17) is 9.47 Å². The molecule has 0 amide bonds. The summed E-state index contributed by atoms with van der Waals surface area (Å²) < 4.78 is 11.4. The second-order valence-corrected chi connectivity index (χ2v) is 4.53. The Hall–Kier alpha value is -0.380. The third-order valence-corrected chi connectivity index (χ3v) is 3.11. The van der Waals surface area contributed by atoms with Crippen molar-refractivity contribution in [3.8, 4) is 0 Å². The zero-order valence-electron chi connectivity index (χ0n) is 8.83. The van der Waals surface area contributed by atoms with E-state index in [0.717, 1.165) is 17.3 Å². The van der Waals surface area contributed by atoms with E-state index in [1.807, 2.05) is 13.0 Å². The number of benzene rings is 1. The second-order valence-electron chi connectivity index (χ2n) is 3.74. The van der Waals surface area contributed by atoms with Crippen molar-refractivity contribution in [2.75, 3.05) is 18.5 Å². The average molecular weight is 271 g/mol. The Morgan fingerprint density at radius 2 is 1.93 bits per heavy atom. The topological polar surface area (TPSA) is 18.5 Å². The number of aryl methyl sites for hydroxylation is 1. The molecule has 1 aliphatic rings. The van der Waals surface area contributed by atoms with Gasteiger partial charge < -0.3 is 9.47 Å². The van der Waals surface area contributed by atoms with Gasteiger partial charge in [0.1, 0.15) is 0 Å². The van der Waals surface area contributed by atoms with Gasteiger partial charge in [0.2, 0.25) is 0 Å². The Kier molecular flexibility index (Phi) is 3.44. The van der Waals surface area contributed by atoms with Crippen LogP contribution in [0.3, 0.4) is 0 Å². The third-order valence-electron chi connectivity index (χ3n) is 2.71. The molecule has 2 rings (SSSR count). The summed E-state index contributed by atoms with van der Waals surface area (Å²) in [4.78, 5) is 0. The number of hydrogen-bond donors (Lipinski definition) is 0. The van der Waals surface area contributed by atoms with Gasteiger partial charge in [0.05, 0.1) is 13.2 Å². The Balaban J connectivity index is 2.33. The Morgan fingerprint density at radius 1 is 1.27 bits per heavy atom. The molecule has 0 aliphatic carbocycles. The van der Waals surface area contributed by atoms with E-state index in [1.165, 1.54) is 5.56 Å². The van der Waals surface area contributed by atoms with Gasteiger partial charge in [-0.15, -0.1) is 0 Å². The smallest absolute Gasteiger partial charge is 0.192 e. The quantitative estimate of drug-likeness (QED) is 0.787. The first-order chi connectivity index (χ1) is 7.26. The summed E-state index contributed by atoms with van der Waals surface area (Å²) in [6, 6.07) is 8.30. The SMILES string of the molecule is CC1(c2ccccc2CCBr)OCCO1. The highest BCUT2D eigenvalue weighted by molar-refractivity contribution is 9.09. The molecule has 0 saturated carbocycles. The number of halogens is 1. The van der Waals surface area contributed by atoms with Gasteiger partial charge in [-0.2, -0.15) is 0 Å². The summed E-state index contributed by atoms with van der Waals surface area (Å²) in [5.41, 5.74) is 2.45. The lowest BCUT2D eigenvalue weighted by molar-refractivity contribution is -0.150. The van der Waals surface area contributed by atoms with E-state index in [0.29, 0.717) is 13.2 Å². The highest BCUT2D eigenvalue weighted by atomic mass is 79.9. The van der Waals surface area contributed by atoms with Gasteiger partial charge in [0.25, 0.3) is 0 Å². The molecule has 2 nitrogen and oxygen atoms in total. The monoisotopic (exact) mass is 270 g/mol. The highest BCUT2D eigenvalue weighted by Gasteiger charge is 2.34. The Morgan fingerprint density at radius 3 is 2.60 bits per heavy atom. The summed E-state index contributed by atoms with van der Waals surface area (Å²) in [6.45, 7) is 3.35. The van der Waals surface area contributed by atoms with Gasteiger partial charge >= 0.3 is 0 Å². The molecule has 15 heavy (non-hydrogen) atoms. The zero-order valence-corrected chi connectivity index (χ0v) is 10.4. The normalized spacial score (nSPS) is 19.3. The van der Waals surface area contributed by atoms with Crippen LogP contribution in [0, 0.1) is 0 Å². The van der Waals surface area contributed by atoms with Gasteiger partial charge in [-0.05, 0) is 18.9 Å². The summed E-state index contributed by atoms with van der Waals surface area (Å²) >= 11 is 3.46. The van der Waals surface area contributed by atoms with E-state index in [-0.39, 0.29) is 0 Å². The standard InChI is InChI=1S/C12H15BrO2/c1-12(14-8-9-15-12)11-5-3-2-4-10(11)6-7-13/h2-5H,6-9H2,1H3. The van der Waals surface area contributed by atoms with Gasteiger partial charge in [-0.1, -0.05) is 40.2 Å². The van der Waals surface area contributed by atoms with E-state index in [9.17, 15) is 0 Å². The first-order valence-electron chi connectivity index (χ1n) is 5.18. The molecule has 82 valence electrons.